The summed E-state index contributed by atoms with van der Waals surface area (Å²) in [7, 11) is 0. The highest BCUT2D eigenvalue weighted by Gasteiger charge is 2.30. The Morgan fingerprint density at radius 3 is 2.61 bits per heavy atom. The summed E-state index contributed by atoms with van der Waals surface area (Å²) in [5, 5.41) is 3.03. The van der Waals surface area contributed by atoms with Crippen LogP contribution >= 0.6 is 0 Å². The molecule has 7 nitrogen and oxygen atoms in total. The monoisotopic (exact) mass is 381 g/mol. The summed E-state index contributed by atoms with van der Waals surface area (Å²) in [5.41, 5.74) is 1.56. The predicted molar refractivity (Wildman–Crippen MR) is 107 cm³/mol. The SMILES string of the molecule is O=C1NCCCCC1N1CCC(Cn2cnc(-c3ccncc3)cc2=O)CC1. The molecule has 0 saturated carbocycles. The molecule has 0 aromatic carbocycles. The summed E-state index contributed by atoms with van der Waals surface area (Å²) < 4.78 is 1.71. The predicted octanol–water partition coefficient (Wildman–Crippen LogP) is 1.69. The van der Waals surface area contributed by atoms with Crippen LogP contribution in [-0.2, 0) is 11.3 Å². The van der Waals surface area contributed by atoms with Crippen molar-refractivity contribution in [1.29, 1.82) is 0 Å². The fourth-order valence-electron chi connectivity index (χ4n) is 4.24. The van der Waals surface area contributed by atoms with Crippen LogP contribution in [-0.4, -0.2) is 51.0 Å². The Morgan fingerprint density at radius 2 is 1.86 bits per heavy atom. The van der Waals surface area contributed by atoms with Gasteiger partial charge in [-0.25, -0.2) is 4.98 Å². The Bertz CT molecular complexity index is 859. The van der Waals surface area contributed by atoms with E-state index in [-0.39, 0.29) is 17.5 Å². The van der Waals surface area contributed by atoms with Crippen molar-refractivity contribution in [2.24, 2.45) is 5.92 Å². The zero-order valence-corrected chi connectivity index (χ0v) is 16.1. The van der Waals surface area contributed by atoms with Crippen LogP contribution in [0.4, 0.5) is 0 Å². The lowest BCUT2D eigenvalue weighted by Gasteiger charge is -2.36. The molecule has 2 aliphatic rings. The number of hydrogen-bond donors (Lipinski definition) is 1. The van der Waals surface area contributed by atoms with E-state index in [2.05, 4.69) is 20.2 Å². The molecule has 0 spiro atoms. The first-order valence-corrected chi connectivity index (χ1v) is 10.2. The number of nitrogens with one attached hydrogen (secondary N) is 1. The maximum absolute atomic E-state index is 12.5. The van der Waals surface area contributed by atoms with Gasteiger partial charge in [0.15, 0.2) is 0 Å². The van der Waals surface area contributed by atoms with Gasteiger partial charge in [0.2, 0.25) is 5.91 Å². The molecule has 1 unspecified atom stereocenters. The quantitative estimate of drug-likeness (QED) is 0.872. The van der Waals surface area contributed by atoms with Crippen LogP contribution in [0.3, 0.4) is 0 Å². The van der Waals surface area contributed by atoms with Crippen molar-refractivity contribution in [3.8, 4) is 11.3 Å². The van der Waals surface area contributed by atoms with Crippen LogP contribution in [0.1, 0.15) is 32.1 Å². The van der Waals surface area contributed by atoms with Gasteiger partial charge < -0.3 is 5.32 Å². The van der Waals surface area contributed by atoms with Gasteiger partial charge in [0, 0.05) is 37.1 Å². The van der Waals surface area contributed by atoms with Gasteiger partial charge in [0.25, 0.3) is 5.56 Å². The summed E-state index contributed by atoms with van der Waals surface area (Å²) in [5.74, 6) is 0.624. The first kappa shape index (κ1) is 18.8. The molecule has 0 bridgehead atoms. The molecule has 148 valence electrons. The number of carbonyl (C=O) groups excluding carboxylic acids is 1. The molecule has 4 heterocycles. The molecule has 0 aliphatic carbocycles. The summed E-state index contributed by atoms with van der Waals surface area (Å²) in [4.78, 5) is 35.6. The van der Waals surface area contributed by atoms with Crippen LogP contribution in [0.15, 0.2) is 41.7 Å². The van der Waals surface area contributed by atoms with Gasteiger partial charge in [0.1, 0.15) is 0 Å². The van der Waals surface area contributed by atoms with E-state index in [1.807, 2.05) is 12.1 Å². The molecular formula is C21H27N5O2. The Morgan fingerprint density at radius 1 is 1.07 bits per heavy atom. The second-order valence-electron chi connectivity index (χ2n) is 7.78. The van der Waals surface area contributed by atoms with Gasteiger partial charge in [-0.2, -0.15) is 0 Å². The van der Waals surface area contributed by atoms with Crippen molar-refractivity contribution in [1.82, 2.24) is 24.8 Å². The molecule has 1 atom stereocenters. The summed E-state index contributed by atoms with van der Waals surface area (Å²) in [6.07, 6.45) is 10.2. The van der Waals surface area contributed by atoms with E-state index in [1.165, 1.54) is 0 Å². The molecule has 2 aliphatic heterocycles. The van der Waals surface area contributed by atoms with Crippen molar-refractivity contribution in [2.45, 2.75) is 44.7 Å². The molecule has 1 amide bonds. The minimum atomic E-state index is -0.0209. The number of pyridine rings is 1. The minimum absolute atomic E-state index is 0.0208. The zero-order valence-electron chi connectivity index (χ0n) is 16.1. The van der Waals surface area contributed by atoms with Crippen LogP contribution in [0.25, 0.3) is 11.3 Å². The number of hydrogen-bond acceptors (Lipinski definition) is 5. The third kappa shape index (κ3) is 4.30. The number of rotatable bonds is 4. The standard InChI is InChI=1S/C21H27N5O2/c27-20-13-18(17-4-9-22-10-5-17)24-15-26(20)14-16-6-11-25(12-7-16)19-3-1-2-8-23-21(19)28/h4-5,9-10,13,15-16,19H,1-3,6-8,11-12,14H2,(H,23,28). The summed E-state index contributed by atoms with van der Waals surface area (Å²) in [6.45, 7) is 3.32. The molecule has 28 heavy (non-hydrogen) atoms. The van der Waals surface area contributed by atoms with Gasteiger partial charge in [-0.05, 0) is 63.2 Å². The van der Waals surface area contributed by atoms with Gasteiger partial charge >= 0.3 is 0 Å². The lowest BCUT2D eigenvalue weighted by atomic mass is 9.94. The Labute approximate surface area is 164 Å². The zero-order chi connectivity index (χ0) is 19.3. The highest BCUT2D eigenvalue weighted by Crippen LogP contribution is 2.23. The van der Waals surface area contributed by atoms with E-state index in [0.717, 1.165) is 57.3 Å². The summed E-state index contributed by atoms with van der Waals surface area (Å²) >= 11 is 0. The van der Waals surface area contributed by atoms with E-state index in [1.54, 1.807) is 29.4 Å². The highest BCUT2D eigenvalue weighted by atomic mass is 16.2. The second-order valence-corrected chi connectivity index (χ2v) is 7.78. The molecule has 4 rings (SSSR count). The Hall–Kier alpha value is -2.54. The third-order valence-corrected chi connectivity index (χ3v) is 5.91. The number of carbonyl (C=O) groups is 1. The number of piperidine rings is 1. The van der Waals surface area contributed by atoms with Crippen molar-refractivity contribution in [3.05, 3.63) is 47.3 Å². The number of aromatic nitrogens is 3. The van der Waals surface area contributed by atoms with Gasteiger partial charge in [0.05, 0.1) is 18.1 Å². The second kappa shape index (κ2) is 8.65. The average Bonchev–Trinajstić information content (AvgIpc) is 2.95. The number of nitrogens with zero attached hydrogens (tertiary/aromatic N) is 4. The van der Waals surface area contributed by atoms with Gasteiger partial charge in [-0.3, -0.25) is 24.0 Å². The first-order valence-electron chi connectivity index (χ1n) is 10.2. The van der Waals surface area contributed by atoms with Crippen LogP contribution in [0.2, 0.25) is 0 Å². The number of amides is 1. The van der Waals surface area contributed by atoms with Crippen molar-refractivity contribution in [3.63, 3.8) is 0 Å². The van der Waals surface area contributed by atoms with E-state index >= 15 is 0 Å². The largest absolute Gasteiger partial charge is 0.355 e. The van der Waals surface area contributed by atoms with E-state index in [0.29, 0.717) is 18.2 Å². The van der Waals surface area contributed by atoms with E-state index in [9.17, 15) is 9.59 Å². The number of likely N-dealkylation sites (tertiary alicyclic amines) is 1. The van der Waals surface area contributed by atoms with Gasteiger partial charge in [-0.1, -0.05) is 0 Å². The van der Waals surface area contributed by atoms with Crippen LogP contribution < -0.4 is 10.9 Å². The Kier molecular flexibility index (Phi) is 5.81. The first-order chi connectivity index (χ1) is 13.7. The van der Waals surface area contributed by atoms with Crippen molar-refractivity contribution < 1.29 is 4.79 Å². The summed E-state index contributed by atoms with van der Waals surface area (Å²) in [6, 6.07) is 5.32. The maximum atomic E-state index is 12.5. The molecule has 2 aromatic heterocycles. The van der Waals surface area contributed by atoms with Crippen LogP contribution in [0, 0.1) is 5.92 Å². The van der Waals surface area contributed by atoms with E-state index in [4.69, 9.17) is 0 Å². The maximum Gasteiger partial charge on any atom is 0.253 e. The molecule has 7 heteroatoms. The Balaban J connectivity index is 1.36. The lowest BCUT2D eigenvalue weighted by Crippen LogP contribution is -2.49. The van der Waals surface area contributed by atoms with Crippen molar-refractivity contribution >= 4 is 5.91 Å². The van der Waals surface area contributed by atoms with Gasteiger partial charge in [-0.15, -0.1) is 0 Å². The molecule has 2 fully saturated rings. The lowest BCUT2D eigenvalue weighted by molar-refractivity contribution is -0.126. The fraction of sp³-hybridized carbons (Fsp3) is 0.524. The normalized spacial score (nSPS) is 21.9. The topological polar surface area (TPSA) is 80.1 Å². The average molecular weight is 381 g/mol. The van der Waals surface area contributed by atoms with Crippen LogP contribution in [0.5, 0.6) is 0 Å². The highest BCUT2D eigenvalue weighted by molar-refractivity contribution is 5.81. The molecule has 2 saturated heterocycles. The van der Waals surface area contributed by atoms with E-state index < -0.39 is 0 Å². The molecule has 0 radical (unpaired) electrons. The molecular weight excluding hydrogens is 354 g/mol. The van der Waals surface area contributed by atoms with Crippen molar-refractivity contribution in [2.75, 3.05) is 19.6 Å². The fourth-order valence-corrected chi connectivity index (χ4v) is 4.24. The molecule has 2 aromatic rings. The molecule has 1 N–H and O–H groups in total. The smallest absolute Gasteiger partial charge is 0.253 e. The minimum Gasteiger partial charge on any atom is -0.355 e. The third-order valence-electron chi connectivity index (χ3n) is 5.91.